The van der Waals surface area contributed by atoms with Crippen LogP contribution < -0.4 is 15.4 Å². The second kappa shape index (κ2) is 11.6. The number of guanidine groups is 1. The summed E-state index contributed by atoms with van der Waals surface area (Å²) < 4.78 is 5.60. The van der Waals surface area contributed by atoms with Gasteiger partial charge in [0, 0.05) is 20.1 Å². The maximum Gasteiger partial charge on any atom is 0.191 e. The number of hydrogen-bond donors (Lipinski definition) is 2. The molecule has 0 aromatic heterocycles. The second-order valence-electron chi connectivity index (χ2n) is 3.96. The molecule has 0 aliphatic heterocycles. The van der Waals surface area contributed by atoms with Crippen molar-refractivity contribution in [3.05, 3.63) is 42.5 Å². The lowest BCUT2D eigenvalue weighted by atomic mass is 10.1. The van der Waals surface area contributed by atoms with E-state index in [-0.39, 0.29) is 24.0 Å². The number of halogens is 1. The summed E-state index contributed by atoms with van der Waals surface area (Å²) in [6, 6.07) is 8.12. The summed E-state index contributed by atoms with van der Waals surface area (Å²) in [7, 11) is 1.76. The van der Waals surface area contributed by atoms with Gasteiger partial charge in [0.25, 0.3) is 0 Å². The van der Waals surface area contributed by atoms with Gasteiger partial charge < -0.3 is 15.4 Å². The van der Waals surface area contributed by atoms with Gasteiger partial charge in [0.15, 0.2) is 5.96 Å². The highest BCUT2D eigenvalue weighted by Gasteiger charge is 2.02. The maximum absolute atomic E-state index is 5.60. The molecule has 0 spiro atoms. The quantitative estimate of drug-likeness (QED) is 0.326. The standard InChI is InChI=1S/C15H23N3O.HI/c1-4-11-17-15(16-3)18-12-10-13-8-6-7-9-14(13)19-5-2;/h4,6-9H,1,5,10-12H2,2-3H3,(H2,16,17,18);1H. The Morgan fingerprint density at radius 3 is 2.75 bits per heavy atom. The van der Waals surface area contributed by atoms with Crippen molar-refractivity contribution in [1.29, 1.82) is 0 Å². The number of rotatable bonds is 7. The van der Waals surface area contributed by atoms with Gasteiger partial charge in [-0.3, -0.25) is 4.99 Å². The van der Waals surface area contributed by atoms with Crippen molar-refractivity contribution in [3.8, 4) is 5.75 Å². The minimum absolute atomic E-state index is 0. The van der Waals surface area contributed by atoms with E-state index >= 15 is 0 Å². The van der Waals surface area contributed by atoms with E-state index < -0.39 is 0 Å². The van der Waals surface area contributed by atoms with Crippen molar-refractivity contribution in [2.75, 3.05) is 26.7 Å². The molecule has 0 saturated heterocycles. The van der Waals surface area contributed by atoms with E-state index in [0.717, 1.165) is 24.7 Å². The Morgan fingerprint density at radius 2 is 2.10 bits per heavy atom. The van der Waals surface area contributed by atoms with Gasteiger partial charge in [-0.2, -0.15) is 0 Å². The zero-order chi connectivity index (χ0) is 13.9. The fourth-order valence-electron chi connectivity index (χ4n) is 1.71. The van der Waals surface area contributed by atoms with Crippen LogP contribution in [0.15, 0.2) is 41.9 Å². The Hall–Kier alpha value is -1.24. The highest BCUT2D eigenvalue weighted by atomic mass is 127. The van der Waals surface area contributed by atoms with Gasteiger partial charge in [-0.25, -0.2) is 0 Å². The molecule has 112 valence electrons. The Bertz CT molecular complexity index is 421. The van der Waals surface area contributed by atoms with Gasteiger partial charge in [0.1, 0.15) is 5.75 Å². The Labute approximate surface area is 138 Å². The molecule has 0 aliphatic rings. The predicted octanol–water partition coefficient (Wildman–Crippen LogP) is 2.60. The largest absolute Gasteiger partial charge is 0.494 e. The Balaban J connectivity index is 0.00000361. The first-order valence-electron chi connectivity index (χ1n) is 6.58. The lowest BCUT2D eigenvalue weighted by molar-refractivity contribution is 0.336. The minimum atomic E-state index is 0. The third-order valence-electron chi connectivity index (χ3n) is 2.60. The number of ether oxygens (including phenoxy) is 1. The maximum atomic E-state index is 5.60. The third kappa shape index (κ3) is 6.79. The van der Waals surface area contributed by atoms with Crippen LogP contribution in [0.2, 0.25) is 0 Å². The van der Waals surface area contributed by atoms with Crippen LogP contribution in [-0.4, -0.2) is 32.7 Å². The zero-order valence-corrected chi connectivity index (χ0v) is 14.5. The molecule has 0 saturated carbocycles. The number of nitrogens with one attached hydrogen (secondary N) is 2. The van der Waals surface area contributed by atoms with E-state index in [1.54, 1.807) is 13.1 Å². The molecule has 0 fully saturated rings. The monoisotopic (exact) mass is 389 g/mol. The van der Waals surface area contributed by atoms with E-state index in [1.165, 1.54) is 5.56 Å². The number of hydrogen-bond acceptors (Lipinski definition) is 2. The van der Waals surface area contributed by atoms with Crippen LogP contribution >= 0.6 is 24.0 Å². The van der Waals surface area contributed by atoms with Crippen LogP contribution in [0.5, 0.6) is 5.75 Å². The van der Waals surface area contributed by atoms with Gasteiger partial charge in [0.05, 0.1) is 6.61 Å². The Morgan fingerprint density at radius 1 is 1.35 bits per heavy atom. The molecule has 1 aromatic carbocycles. The number of nitrogens with zero attached hydrogens (tertiary/aromatic N) is 1. The zero-order valence-electron chi connectivity index (χ0n) is 12.2. The minimum Gasteiger partial charge on any atom is -0.494 e. The average Bonchev–Trinajstić information content (AvgIpc) is 2.44. The van der Waals surface area contributed by atoms with Crippen LogP contribution in [0.3, 0.4) is 0 Å². The first-order valence-corrected chi connectivity index (χ1v) is 6.58. The molecule has 0 heterocycles. The van der Waals surface area contributed by atoms with E-state index in [0.29, 0.717) is 13.2 Å². The molecule has 0 bridgehead atoms. The van der Waals surface area contributed by atoms with Crippen molar-refractivity contribution in [1.82, 2.24) is 10.6 Å². The molecule has 0 amide bonds. The van der Waals surface area contributed by atoms with E-state index in [1.807, 2.05) is 25.1 Å². The average molecular weight is 389 g/mol. The van der Waals surface area contributed by atoms with Crippen molar-refractivity contribution >= 4 is 29.9 Å². The van der Waals surface area contributed by atoms with E-state index in [9.17, 15) is 0 Å². The molecule has 5 heteroatoms. The van der Waals surface area contributed by atoms with Crippen molar-refractivity contribution in [3.63, 3.8) is 0 Å². The van der Waals surface area contributed by atoms with Crippen LogP contribution in [-0.2, 0) is 6.42 Å². The third-order valence-corrected chi connectivity index (χ3v) is 2.60. The first kappa shape index (κ1) is 18.8. The molecular weight excluding hydrogens is 365 g/mol. The van der Waals surface area contributed by atoms with Gasteiger partial charge in [-0.15, -0.1) is 30.6 Å². The summed E-state index contributed by atoms with van der Waals surface area (Å²) in [5, 5.41) is 6.39. The van der Waals surface area contributed by atoms with E-state index in [2.05, 4.69) is 28.3 Å². The molecule has 2 N–H and O–H groups in total. The first-order chi connectivity index (χ1) is 9.31. The van der Waals surface area contributed by atoms with E-state index in [4.69, 9.17) is 4.74 Å². The number of para-hydroxylation sites is 1. The fourth-order valence-corrected chi connectivity index (χ4v) is 1.71. The molecule has 0 aliphatic carbocycles. The van der Waals surface area contributed by atoms with Crippen LogP contribution in [0.1, 0.15) is 12.5 Å². The summed E-state index contributed by atoms with van der Waals surface area (Å²) in [5.74, 6) is 1.75. The summed E-state index contributed by atoms with van der Waals surface area (Å²) in [4.78, 5) is 4.13. The van der Waals surface area contributed by atoms with Crippen molar-refractivity contribution in [2.24, 2.45) is 4.99 Å². The molecule has 4 nitrogen and oxygen atoms in total. The van der Waals surface area contributed by atoms with Crippen molar-refractivity contribution < 1.29 is 4.74 Å². The SMILES string of the molecule is C=CCNC(=NC)NCCc1ccccc1OCC.I. The summed E-state index contributed by atoms with van der Waals surface area (Å²) in [5.41, 5.74) is 1.20. The molecule has 0 atom stereocenters. The molecular formula is C15H24IN3O. The smallest absolute Gasteiger partial charge is 0.191 e. The summed E-state index contributed by atoms with van der Waals surface area (Å²) in [6.45, 7) is 7.86. The van der Waals surface area contributed by atoms with Crippen LogP contribution in [0, 0.1) is 0 Å². The lowest BCUT2D eigenvalue weighted by Gasteiger charge is -2.12. The highest BCUT2D eigenvalue weighted by molar-refractivity contribution is 14.0. The molecule has 1 aromatic rings. The molecule has 1 rings (SSSR count). The molecule has 20 heavy (non-hydrogen) atoms. The van der Waals surface area contributed by atoms with Gasteiger partial charge in [-0.1, -0.05) is 24.3 Å². The Kier molecular flexibility index (Phi) is 10.9. The van der Waals surface area contributed by atoms with Crippen LogP contribution in [0.25, 0.3) is 0 Å². The van der Waals surface area contributed by atoms with Crippen LogP contribution in [0.4, 0.5) is 0 Å². The van der Waals surface area contributed by atoms with Gasteiger partial charge >= 0.3 is 0 Å². The molecule has 0 unspecified atom stereocenters. The summed E-state index contributed by atoms with van der Waals surface area (Å²) in [6.07, 6.45) is 2.70. The lowest BCUT2D eigenvalue weighted by Crippen LogP contribution is -2.38. The fraction of sp³-hybridized carbons (Fsp3) is 0.400. The predicted molar refractivity (Wildman–Crippen MR) is 96.3 cm³/mol. The number of aliphatic imine (C=N–C) groups is 1. The number of benzene rings is 1. The van der Waals surface area contributed by atoms with Gasteiger partial charge in [0.2, 0.25) is 0 Å². The molecule has 0 radical (unpaired) electrons. The second-order valence-corrected chi connectivity index (χ2v) is 3.96. The highest BCUT2D eigenvalue weighted by Crippen LogP contribution is 2.17. The summed E-state index contributed by atoms with van der Waals surface area (Å²) >= 11 is 0. The van der Waals surface area contributed by atoms with Crippen molar-refractivity contribution in [2.45, 2.75) is 13.3 Å². The topological polar surface area (TPSA) is 45.7 Å². The normalized spacial score (nSPS) is 10.4. The van der Waals surface area contributed by atoms with Gasteiger partial charge in [-0.05, 0) is 25.0 Å².